The van der Waals surface area contributed by atoms with E-state index in [1.807, 2.05) is 43.3 Å². The van der Waals surface area contributed by atoms with Gasteiger partial charge in [0.25, 0.3) is 0 Å². The van der Waals surface area contributed by atoms with E-state index in [0.29, 0.717) is 13.1 Å². The Morgan fingerprint density at radius 3 is 2.19 bits per heavy atom. The van der Waals surface area contributed by atoms with Crippen LogP contribution in [0.1, 0.15) is 19.8 Å². The smallest absolute Gasteiger partial charge is 0.227 e. The highest BCUT2D eigenvalue weighted by molar-refractivity contribution is 5.92. The van der Waals surface area contributed by atoms with Crippen molar-refractivity contribution in [1.82, 2.24) is 4.90 Å². The third kappa shape index (κ3) is 3.97. The minimum absolute atomic E-state index is 0.00544. The van der Waals surface area contributed by atoms with Crippen molar-refractivity contribution in [2.75, 3.05) is 37.4 Å². The standard InChI is InChI=1S/C16H23N3O2/c1-12(20)19-10-8-13(9-11-19)16(21)17-14-4-6-15(7-5-14)18(2)3/h4-7,13H,8-11H2,1-3H3,(H,17,21). The number of amides is 2. The van der Waals surface area contributed by atoms with Crippen LogP contribution in [0.25, 0.3) is 0 Å². The summed E-state index contributed by atoms with van der Waals surface area (Å²) < 4.78 is 0. The second kappa shape index (κ2) is 6.61. The van der Waals surface area contributed by atoms with Crippen molar-refractivity contribution >= 4 is 23.2 Å². The highest BCUT2D eigenvalue weighted by Crippen LogP contribution is 2.21. The van der Waals surface area contributed by atoms with Crippen molar-refractivity contribution in [3.05, 3.63) is 24.3 Å². The van der Waals surface area contributed by atoms with Gasteiger partial charge in [-0.05, 0) is 37.1 Å². The first-order valence-corrected chi connectivity index (χ1v) is 7.31. The summed E-state index contributed by atoms with van der Waals surface area (Å²) in [4.78, 5) is 27.3. The molecule has 21 heavy (non-hydrogen) atoms. The lowest BCUT2D eigenvalue weighted by Crippen LogP contribution is -2.40. The fourth-order valence-electron chi connectivity index (χ4n) is 2.54. The molecule has 1 fully saturated rings. The van der Waals surface area contributed by atoms with Crippen LogP contribution in [0, 0.1) is 5.92 Å². The van der Waals surface area contributed by atoms with Crippen LogP contribution in [-0.4, -0.2) is 43.9 Å². The SMILES string of the molecule is CC(=O)N1CCC(C(=O)Nc2ccc(N(C)C)cc2)CC1. The summed E-state index contributed by atoms with van der Waals surface area (Å²) in [5.74, 6) is 0.137. The van der Waals surface area contributed by atoms with E-state index >= 15 is 0 Å². The largest absolute Gasteiger partial charge is 0.378 e. The molecule has 0 atom stereocenters. The number of hydrogen-bond acceptors (Lipinski definition) is 3. The molecule has 1 aliphatic rings. The maximum atomic E-state index is 12.2. The average molecular weight is 289 g/mol. The number of hydrogen-bond donors (Lipinski definition) is 1. The molecule has 0 radical (unpaired) electrons. The zero-order valence-corrected chi connectivity index (χ0v) is 12.9. The second-order valence-corrected chi connectivity index (χ2v) is 5.71. The molecule has 5 nitrogen and oxygen atoms in total. The molecule has 114 valence electrons. The maximum absolute atomic E-state index is 12.2. The predicted molar refractivity (Wildman–Crippen MR) is 84.4 cm³/mol. The van der Waals surface area contributed by atoms with Crippen LogP contribution < -0.4 is 10.2 Å². The molecule has 1 aliphatic heterocycles. The lowest BCUT2D eigenvalue weighted by Gasteiger charge is -2.30. The lowest BCUT2D eigenvalue weighted by atomic mass is 9.96. The van der Waals surface area contributed by atoms with Crippen molar-refractivity contribution in [2.24, 2.45) is 5.92 Å². The first-order valence-electron chi connectivity index (χ1n) is 7.31. The van der Waals surface area contributed by atoms with Crippen molar-refractivity contribution < 1.29 is 9.59 Å². The van der Waals surface area contributed by atoms with Gasteiger partial charge in [-0.3, -0.25) is 9.59 Å². The maximum Gasteiger partial charge on any atom is 0.227 e. The van der Waals surface area contributed by atoms with Crippen LogP contribution in [0.3, 0.4) is 0 Å². The number of carbonyl (C=O) groups is 2. The molecule has 1 heterocycles. The summed E-state index contributed by atoms with van der Waals surface area (Å²) in [5, 5.41) is 2.96. The molecular formula is C16H23N3O2. The van der Waals surface area contributed by atoms with Crippen molar-refractivity contribution in [1.29, 1.82) is 0 Å². The molecule has 1 N–H and O–H groups in total. The highest BCUT2D eigenvalue weighted by Gasteiger charge is 2.25. The van der Waals surface area contributed by atoms with Gasteiger partial charge < -0.3 is 15.1 Å². The Morgan fingerprint density at radius 1 is 1.14 bits per heavy atom. The molecule has 1 saturated heterocycles. The van der Waals surface area contributed by atoms with Gasteiger partial charge in [-0.1, -0.05) is 0 Å². The van der Waals surface area contributed by atoms with Gasteiger partial charge in [-0.25, -0.2) is 0 Å². The molecule has 1 aromatic carbocycles. The number of likely N-dealkylation sites (tertiary alicyclic amines) is 1. The Labute approximate surface area is 125 Å². The molecule has 2 rings (SSSR count). The summed E-state index contributed by atoms with van der Waals surface area (Å²) >= 11 is 0. The highest BCUT2D eigenvalue weighted by atomic mass is 16.2. The Hall–Kier alpha value is -2.04. The third-order valence-corrected chi connectivity index (χ3v) is 3.96. The van der Waals surface area contributed by atoms with Crippen LogP contribution in [0.4, 0.5) is 11.4 Å². The third-order valence-electron chi connectivity index (χ3n) is 3.96. The van der Waals surface area contributed by atoms with E-state index in [1.54, 1.807) is 11.8 Å². The molecular weight excluding hydrogens is 266 g/mol. The summed E-state index contributed by atoms with van der Waals surface area (Å²) in [6.45, 7) is 2.92. The summed E-state index contributed by atoms with van der Waals surface area (Å²) in [5.41, 5.74) is 1.92. The summed E-state index contributed by atoms with van der Waals surface area (Å²) in [6, 6.07) is 7.79. The fourth-order valence-corrected chi connectivity index (χ4v) is 2.54. The number of nitrogens with one attached hydrogen (secondary N) is 1. The van der Waals surface area contributed by atoms with Crippen LogP contribution in [-0.2, 0) is 9.59 Å². The second-order valence-electron chi connectivity index (χ2n) is 5.71. The van der Waals surface area contributed by atoms with E-state index in [2.05, 4.69) is 5.32 Å². The van der Waals surface area contributed by atoms with E-state index < -0.39 is 0 Å². The number of nitrogens with zero attached hydrogens (tertiary/aromatic N) is 2. The van der Waals surface area contributed by atoms with E-state index in [4.69, 9.17) is 0 Å². The van der Waals surface area contributed by atoms with E-state index in [0.717, 1.165) is 24.2 Å². The molecule has 2 amide bonds. The Morgan fingerprint density at radius 2 is 1.71 bits per heavy atom. The number of anilines is 2. The van der Waals surface area contributed by atoms with Crippen LogP contribution in [0.15, 0.2) is 24.3 Å². The minimum Gasteiger partial charge on any atom is -0.378 e. The van der Waals surface area contributed by atoms with Gasteiger partial charge in [0, 0.05) is 51.4 Å². The predicted octanol–water partition coefficient (Wildman–Crippen LogP) is 1.95. The van der Waals surface area contributed by atoms with Gasteiger partial charge >= 0.3 is 0 Å². The molecule has 0 aliphatic carbocycles. The van der Waals surface area contributed by atoms with Gasteiger partial charge in [0.05, 0.1) is 0 Å². The van der Waals surface area contributed by atoms with E-state index in [9.17, 15) is 9.59 Å². The number of carbonyl (C=O) groups excluding carboxylic acids is 2. The number of rotatable bonds is 3. The van der Waals surface area contributed by atoms with Crippen molar-refractivity contribution in [3.8, 4) is 0 Å². The fraction of sp³-hybridized carbons (Fsp3) is 0.500. The van der Waals surface area contributed by atoms with Gasteiger partial charge in [0.2, 0.25) is 11.8 Å². The van der Waals surface area contributed by atoms with Crippen LogP contribution >= 0.6 is 0 Å². The Kier molecular flexibility index (Phi) is 4.83. The van der Waals surface area contributed by atoms with Gasteiger partial charge in [-0.15, -0.1) is 0 Å². The molecule has 0 bridgehead atoms. The summed E-state index contributed by atoms with van der Waals surface area (Å²) in [7, 11) is 3.97. The number of benzene rings is 1. The molecule has 0 unspecified atom stereocenters. The zero-order chi connectivity index (χ0) is 15.4. The molecule has 1 aromatic rings. The Bertz CT molecular complexity index is 503. The topological polar surface area (TPSA) is 52.7 Å². The van der Waals surface area contributed by atoms with E-state index in [1.165, 1.54) is 0 Å². The molecule has 5 heteroatoms. The zero-order valence-electron chi connectivity index (χ0n) is 12.9. The first kappa shape index (κ1) is 15.4. The number of piperidine rings is 1. The normalized spacial score (nSPS) is 15.7. The van der Waals surface area contributed by atoms with Crippen molar-refractivity contribution in [3.63, 3.8) is 0 Å². The Balaban J connectivity index is 1.88. The van der Waals surface area contributed by atoms with Gasteiger partial charge in [0.1, 0.15) is 0 Å². The van der Waals surface area contributed by atoms with Gasteiger partial charge in [0.15, 0.2) is 0 Å². The average Bonchev–Trinajstić information content (AvgIpc) is 2.47. The molecule has 0 spiro atoms. The van der Waals surface area contributed by atoms with Crippen LogP contribution in [0.2, 0.25) is 0 Å². The minimum atomic E-state index is -0.00544. The monoisotopic (exact) mass is 289 g/mol. The molecule has 0 saturated carbocycles. The van der Waals surface area contributed by atoms with Crippen molar-refractivity contribution in [2.45, 2.75) is 19.8 Å². The quantitative estimate of drug-likeness (QED) is 0.925. The molecule has 0 aromatic heterocycles. The first-order chi connectivity index (χ1) is 9.97. The van der Waals surface area contributed by atoms with E-state index in [-0.39, 0.29) is 17.7 Å². The van der Waals surface area contributed by atoms with Crippen LogP contribution in [0.5, 0.6) is 0 Å². The van der Waals surface area contributed by atoms with Gasteiger partial charge in [-0.2, -0.15) is 0 Å². The summed E-state index contributed by atoms with van der Waals surface area (Å²) in [6.07, 6.45) is 1.47. The lowest BCUT2D eigenvalue weighted by molar-refractivity contribution is -0.132.